The van der Waals surface area contributed by atoms with Gasteiger partial charge in [0.2, 0.25) is 5.82 Å². The van der Waals surface area contributed by atoms with Crippen LogP contribution in [0.4, 0.5) is 4.79 Å². The van der Waals surface area contributed by atoms with E-state index in [-0.39, 0.29) is 18.2 Å². The second-order valence-electron chi connectivity index (χ2n) is 9.22. The Hall–Kier alpha value is -3.90. The minimum atomic E-state index is -0.446. The van der Waals surface area contributed by atoms with E-state index < -0.39 is 6.10 Å². The minimum absolute atomic E-state index is 0.0429. The van der Waals surface area contributed by atoms with E-state index in [2.05, 4.69) is 21.5 Å². The fraction of sp³-hybridized carbons (Fsp3) is 0.385. The fourth-order valence-electron chi connectivity index (χ4n) is 4.74. The molecule has 0 saturated carbocycles. The monoisotopic (exact) mass is 473 g/mol. The van der Waals surface area contributed by atoms with E-state index in [0.29, 0.717) is 48.1 Å². The molecule has 0 radical (unpaired) electrons. The van der Waals surface area contributed by atoms with Crippen molar-refractivity contribution >= 4 is 6.03 Å². The Kier molecular flexibility index (Phi) is 6.14. The molecule has 2 atom stereocenters. The van der Waals surface area contributed by atoms with Crippen molar-refractivity contribution in [1.82, 2.24) is 20.4 Å². The van der Waals surface area contributed by atoms with Gasteiger partial charge in [0, 0.05) is 24.2 Å². The lowest BCUT2D eigenvalue weighted by molar-refractivity contribution is 0.170. The first-order valence-corrected chi connectivity index (χ1v) is 11.8. The molecule has 0 bridgehead atoms. The van der Waals surface area contributed by atoms with Crippen LogP contribution in [-0.2, 0) is 6.42 Å². The Bertz CT molecular complexity index is 1300. The molecule has 3 aromatic rings. The number of ether oxygens (including phenoxy) is 1. The van der Waals surface area contributed by atoms with Crippen molar-refractivity contribution in [3.8, 4) is 34.7 Å². The number of β-amino-alcohol motifs (C(OH)–C–C–N with tert-alkyl or cyclic N) is 1. The highest BCUT2D eigenvalue weighted by Gasteiger charge is 2.31. The zero-order valence-electron chi connectivity index (χ0n) is 19.7. The van der Waals surface area contributed by atoms with Crippen molar-refractivity contribution in [2.45, 2.75) is 51.4 Å². The maximum atomic E-state index is 12.6. The Morgan fingerprint density at radius 3 is 2.91 bits per heavy atom. The first-order valence-electron chi connectivity index (χ1n) is 11.8. The summed E-state index contributed by atoms with van der Waals surface area (Å²) in [5, 5.41) is 26.6. The van der Waals surface area contributed by atoms with Gasteiger partial charge in [-0.05, 0) is 62.4 Å². The number of benzene rings is 2. The molecule has 2 aliphatic rings. The van der Waals surface area contributed by atoms with Gasteiger partial charge in [-0.1, -0.05) is 23.4 Å². The lowest BCUT2D eigenvalue weighted by atomic mass is 10.0. The molecule has 9 nitrogen and oxygen atoms in total. The molecule has 2 heterocycles. The Balaban J connectivity index is 1.37. The topological polar surface area (TPSA) is 125 Å². The largest absolute Gasteiger partial charge is 0.490 e. The van der Waals surface area contributed by atoms with E-state index in [4.69, 9.17) is 9.26 Å². The summed E-state index contributed by atoms with van der Waals surface area (Å²) in [6.45, 7) is 4.75. The maximum absolute atomic E-state index is 12.6. The molecule has 1 fully saturated rings. The molecule has 2 N–H and O–H groups in total. The van der Waals surface area contributed by atoms with Crippen LogP contribution in [0.25, 0.3) is 22.8 Å². The van der Waals surface area contributed by atoms with Crippen molar-refractivity contribution in [3.63, 3.8) is 0 Å². The standard InChI is InChI=1S/C26H27N5O4/c1-15(2)34-23-9-6-16(12-17(23)13-27)25-29-24(30-35-25)21-5-3-4-20-19(21)7-8-22(20)28-26(33)31-11-10-18(32)14-31/h3-6,9,12,15,18,22,32H,7-8,10-11,14H2,1-2H3,(H,28,33). The van der Waals surface area contributed by atoms with Gasteiger partial charge in [0.25, 0.3) is 5.89 Å². The number of hydrogen-bond acceptors (Lipinski definition) is 7. The van der Waals surface area contributed by atoms with Gasteiger partial charge < -0.3 is 24.6 Å². The van der Waals surface area contributed by atoms with E-state index in [1.807, 2.05) is 32.0 Å². The number of aliphatic hydroxyl groups is 1. The van der Waals surface area contributed by atoms with E-state index in [1.165, 1.54) is 0 Å². The van der Waals surface area contributed by atoms with E-state index >= 15 is 0 Å². The number of amides is 2. The average Bonchev–Trinajstić information content (AvgIpc) is 3.59. The number of nitrogens with one attached hydrogen (secondary N) is 1. The highest BCUT2D eigenvalue weighted by Crippen LogP contribution is 2.38. The zero-order chi connectivity index (χ0) is 24.5. The van der Waals surface area contributed by atoms with Crippen LogP contribution >= 0.6 is 0 Å². The van der Waals surface area contributed by atoms with Crippen molar-refractivity contribution < 1.29 is 19.2 Å². The van der Waals surface area contributed by atoms with Gasteiger partial charge in [-0.15, -0.1) is 0 Å². The Labute approximate surface area is 203 Å². The van der Waals surface area contributed by atoms with Crippen LogP contribution in [0.15, 0.2) is 40.9 Å². The SMILES string of the molecule is CC(C)Oc1ccc(-c2nc(-c3cccc4c3CCC4NC(=O)N3CCC(O)C3)no2)cc1C#N. The normalized spacial score (nSPS) is 19.0. The summed E-state index contributed by atoms with van der Waals surface area (Å²) in [7, 11) is 0. The number of carbonyl (C=O) groups excluding carboxylic acids is 1. The summed E-state index contributed by atoms with van der Waals surface area (Å²) in [5.41, 5.74) is 4.04. The van der Waals surface area contributed by atoms with Gasteiger partial charge >= 0.3 is 6.03 Å². The number of nitriles is 1. The molecule has 1 aliphatic heterocycles. The van der Waals surface area contributed by atoms with Crippen LogP contribution in [-0.4, -0.2) is 51.5 Å². The number of carbonyl (C=O) groups is 1. The smallest absolute Gasteiger partial charge is 0.317 e. The zero-order valence-corrected chi connectivity index (χ0v) is 19.7. The predicted octanol–water partition coefficient (Wildman–Crippen LogP) is 3.83. The second kappa shape index (κ2) is 9.39. The van der Waals surface area contributed by atoms with Gasteiger partial charge in [0.1, 0.15) is 11.8 Å². The summed E-state index contributed by atoms with van der Waals surface area (Å²) in [6.07, 6.45) is 1.69. The minimum Gasteiger partial charge on any atom is -0.490 e. The Morgan fingerprint density at radius 1 is 1.31 bits per heavy atom. The number of likely N-dealkylation sites (tertiary alicyclic amines) is 1. The molecular formula is C26H27N5O4. The number of rotatable bonds is 5. The van der Waals surface area contributed by atoms with Crippen LogP contribution in [0.5, 0.6) is 5.75 Å². The van der Waals surface area contributed by atoms with Crippen LogP contribution in [0.1, 0.15) is 49.4 Å². The molecule has 1 saturated heterocycles. The molecule has 9 heteroatoms. The van der Waals surface area contributed by atoms with Crippen molar-refractivity contribution in [2.24, 2.45) is 0 Å². The molecule has 5 rings (SSSR count). The molecule has 35 heavy (non-hydrogen) atoms. The average molecular weight is 474 g/mol. The molecule has 2 amide bonds. The first kappa shape index (κ1) is 22.9. The van der Waals surface area contributed by atoms with E-state index in [9.17, 15) is 15.2 Å². The number of urea groups is 1. The molecule has 0 spiro atoms. The van der Waals surface area contributed by atoms with Crippen LogP contribution in [0.3, 0.4) is 0 Å². The van der Waals surface area contributed by atoms with Crippen LogP contribution in [0, 0.1) is 11.3 Å². The number of hydrogen-bond donors (Lipinski definition) is 2. The number of aromatic nitrogens is 2. The third kappa shape index (κ3) is 4.57. The van der Waals surface area contributed by atoms with Crippen LogP contribution in [0.2, 0.25) is 0 Å². The van der Waals surface area contributed by atoms with Gasteiger partial charge in [-0.2, -0.15) is 10.2 Å². The molecule has 1 aromatic heterocycles. The van der Waals surface area contributed by atoms with Crippen molar-refractivity contribution in [1.29, 1.82) is 5.26 Å². The van der Waals surface area contributed by atoms with Gasteiger partial charge in [-0.25, -0.2) is 4.79 Å². The van der Waals surface area contributed by atoms with Gasteiger partial charge in [0.15, 0.2) is 0 Å². The van der Waals surface area contributed by atoms with Gasteiger partial charge in [0.05, 0.1) is 23.8 Å². The number of aliphatic hydroxyl groups excluding tert-OH is 1. The highest BCUT2D eigenvalue weighted by atomic mass is 16.5. The quantitative estimate of drug-likeness (QED) is 0.577. The summed E-state index contributed by atoms with van der Waals surface area (Å²) in [6, 6.07) is 13.0. The lowest BCUT2D eigenvalue weighted by Crippen LogP contribution is -2.40. The van der Waals surface area contributed by atoms with E-state index in [1.54, 1.807) is 23.1 Å². The third-order valence-electron chi connectivity index (χ3n) is 6.40. The molecule has 180 valence electrons. The third-order valence-corrected chi connectivity index (χ3v) is 6.40. The van der Waals surface area contributed by atoms with Crippen molar-refractivity contribution in [2.75, 3.05) is 13.1 Å². The maximum Gasteiger partial charge on any atom is 0.317 e. The number of nitrogens with zero attached hydrogens (tertiary/aromatic N) is 4. The summed E-state index contributed by atoms with van der Waals surface area (Å²) in [5.74, 6) is 1.30. The predicted molar refractivity (Wildman–Crippen MR) is 127 cm³/mol. The molecule has 1 aliphatic carbocycles. The van der Waals surface area contributed by atoms with Crippen molar-refractivity contribution in [3.05, 3.63) is 53.1 Å². The molecule has 2 unspecified atom stereocenters. The van der Waals surface area contributed by atoms with Crippen LogP contribution < -0.4 is 10.1 Å². The summed E-state index contributed by atoms with van der Waals surface area (Å²) in [4.78, 5) is 18.9. The summed E-state index contributed by atoms with van der Waals surface area (Å²) < 4.78 is 11.2. The molecule has 2 aromatic carbocycles. The molecular weight excluding hydrogens is 446 g/mol. The Morgan fingerprint density at radius 2 is 2.17 bits per heavy atom. The summed E-state index contributed by atoms with van der Waals surface area (Å²) >= 11 is 0. The second-order valence-corrected chi connectivity index (χ2v) is 9.22. The van der Waals surface area contributed by atoms with E-state index in [0.717, 1.165) is 29.5 Å². The van der Waals surface area contributed by atoms with Gasteiger partial charge in [-0.3, -0.25) is 0 Å². The number of fused-ring (bicyclic) bond motifs is 1. The fourth-order valence-corrected chi connectivity index (χ4v) is 4.74. The first-order chi connectivity index (χ1) is 16.9. The highest BCUT2D eigenvalue weighted by molar-refractivity contribution is 5.76. The lowest BCUT2D eigenvalue weighted by Gasteiger charge is -2.21.